The lowest BCUT2D eigenvalue weighted by Gasteiger charge is -2.22. The molecule has 0 aliphatic heterocycles. The molecule has 1 atom stereocenters. The van der Waals surface area contributed by atoms with E-state index in [1.54, 1.807) is 0 Å². The predicted molar refractivity (Wildman–Crippen MR) is 55.7 cm³/mol. The summed E-state index contributed by atoms with van der Waals surface area (Å²) in [7, 11) is 0. The average Bonchev–Trinajstić information content (AvgIpc) is 2.17. The minimum absolute atomic E-state index is 0.611. The summed E-state index contributed by atoms with van der Waals surface area (Å²) in [6.45, 7) is 2.19. The summed E-state index contributed by atoms with van der Waals surface area (Å²) in [5.41, 5.74) is 0. The Bertz CT molecular complexity index is 136. The van der Waals surface area contributed by atoms with Crippen molar-refractivity contribution in [3.63, 3.8) is 0 Å². The van der Waals surface area contributed by atoms with Gasteiger partial charge in [-0.1, -0.05) is 51.9 Å². The van der Waals surface area contributed by atoms with Crippen molar-refractivity contribution in [2.45, 2.75) is 58.3 Å². The summed E-state index contributed by atoms with van der Waals surface area (Å²) in [5, 5.41) is 0. The van der Waals surface area contributed by atoms with Gasteiger partial charge in [0.05, 0.1) is 0 Å². The van der Waals surface area contributed by atoms with Gasteiger partial charge >= 0.3 is 0 Å². The van der Waals surface area contributed by atoms with Gasteiger partial charge in [-0.25, -0.2) is 0 Å². The van der Waals surface area contributed by atoms with Crippen LogP contribution in [0.5, 0.6) is 0 Å². The molecule has 0 amide bonds. The maximum atomic E-state index is 10.3. The smallest absolute Gasteiger partial charge is 0.120 e. The first-order valence-corrected chi connectivity index (χ1v) is 5.76. The van der Waals surface area contributed by atoms with Gasteiger partial charge in [-0.15, -0.1) is 0 Å². The van der Waals surface area contributed by atoms with E-state index < -0.39 is 0 Å². The number of carbonyl (C=O) groups is 1. The van der Waals surface area contributed by atoms with E-state index in [9.17, 15) is 4.79 Å². The van der Waals surface area contributed by atoms with Crippen LogP contribution in [0.1, 0.15) is 58.3 Å². The Kier molecular flexibility index (Phi) is 5.10. The molecule has 0 aromatic rings. The molecule has 1 saturated carbocycles. The molecule has 0 spiro atoms. The topological polar surface area (TPSA) is 17.1 Å². The molecule has 0 saturated heterocycles. The van der Waals surface area contributed by atoms with Gasteiger partial charge in [0.15, 0.2) is 0 Å². The van der Waals surface area contributed by atoms with Gasteiger partial charge < -0.3 is 4.79 Å². The van der Waals surface area contributed by atoms with Crippen molar-refractivity contribution < 1.29 is 4.79 Å². The van der Waals surface area contributed by atoms with Crippen LogP contribution in [0.15, 0.2) is 0 Å². The number of aldehydes is 1. The maximum absolute atomic E-state index is 10.3. The molecule has 1 aliphatic carbocycles. The van der Waals surface area contributed by atoms with Crippen molar-refractivity contribution in [3.8, 4) is 0 Å². The minimum Gasteiger partial charge on any atom is -0.303 e. The third-order valence-electron chi connectivity index (χ3n) is 3.29. The molecule has 0 bridgehead atoms. The van der Waals surface area contributed by atoms with E-state index in [0.29, 0.717) is 5.92 Å². The summed E-state index contributed by atoms with van der Waals surface area (Å²) in [6.07, 6.45) is 11.6. The number of hydrogen-bond acceptors (Lipinski definition) is 1. The molecule has 1 aliphatic rings. The fourth-order valence-electron chi connectivity index (χ4n) is 2.28. The van der Waals surface area contributed by atoms with Crippen LogP contribution in [0.25, 0.3) is 0 Å². The molecule has 0 N–H and O–H groups in total. The number of rotatable bonds is 5. The van der Waals surface area contributed by atoms with Gasteiger partial charge in [0.1, 0.15) is 6.29 Å². The molecule has 76 valence electrons. The third-order valence-corrected chi connectivity index (χ3v) is 3.29. The molecule has 1 fully saturated rings. The average molecular weight is 182 g/mol. The van der Waals surface area contributed by atoms with E-state index in [1.165, 1.54) is 44.9 Å². The lowest BCUT2D eigenvalue weighted by atomic mass is 9.84. The van der Waals surface area contributed by atoms with Crippen LogP contribution in [0, 0.1) is 11.8 Å². The van der Waals surface area contributed by atoms with Gasteiger partial charge in [-0.3, -0.25) is 0 Å². The van der Waals surface area contributed by atoms with Gasteiger partial charge in [0.2, 0.25) is 0 Å². The maximum Gasteiger partial charge on any atom is 0.120 e. The zero-order valence-electron chi connectivity index (χ0n) is 8.80. The first-order chi connectivity index (χ1) is 6.33. The Balaban J connectivity index is 2.06. The van der Waals surface area contributed by atoms with E-state index in [4.69, 9.17) is 0 Å². The monoisotopic (exact) mass is 182 g/mol. The van der Waals surface area contributed by atoms with E-state index in [-0.39, 0.29) is 0 Å². The largest absolute Gasteiger partial charge is 0.303 e. The molecule has 0 aromatic carbocycles. The summed E-state index contributed by atoms with van der Waals surface area (Å²) in [4.78, 5) is 10.3. The summed E-state index contributed by atoms with van der Waals surface area (Å²) in [5.74, 6) is 1.59. The minimum atomic E-state index is 0.611. The fourth-order valence-corrected chi connectivity index (χ4v) is 2.28. The van der Waals surface area contributed by atoms with E-state index in [2.05, 4.69) is 6.92 Å². The van der Waals surface area contributed by atoms with Crippen molar-refractivity contribution in [2.75, 3.05) is 0 Å². The molecule has 0 radical (unpaired) electrons. The second-order valence-electron chi connectivity index (χ2n) is 4.59. The van der Waals surface area contributed by atoms with Crippen LogP contribution in [-0.2, 0) is 4.79 Å². The number of carbonyl (C=O) groups excluding carboxylic acids is 1. The fraction of sp³-hybridized carbons (Fsp3) is 0.917. The third kappa shape index (κ3) is 4.44. The van der Waals surface area contributed by atoms with Crippen molar-refractivity contribution in [1.29, 1.82) is 0 Å². The zero-order chi connectivity index (χ0) is 9.52. The molecular weight excluding hydrogens is 160 g/mol. The molecule has 0 heterocycles. The first kappa shape index (κ1) is 10.7. The van der Waals surface area contributed by atoms with Gasteiger partial charge in [-0.05, 0) is 11.8 Å². The van der Waals surface area contributed by atoms with Crippen molar-refractivity contribution >= 4 is 6.29 Å². The van der Waals surface area contributed by atoms with Crippen LogP contribution in [0.3, 0.4) is 0 Å². The second-order valence-corrected chi connectivity index (χ2v) is 4.59. The highest BCUT2D eigenvalue weighted by Gasteiger charge is 2.14. The summed E-state index contributed by atoms with van der Waals surface area (Å²) in [6, 6.07) is 0. The highest BCUT2D eigenvalue weighted by atomic mass is 16.1. The standard InChI is InChI=1S/C12H22O/c1-11(9-10-13)7-8-12-5-3-2-4-6-12/h10-12H,2-9H2,1H3. The lowest BCUT2D eigenvalue weighted by molar-refractivity contribution is -0.108. The molecule has 13 heavy (non-hydrogen) atoms. The van der Waals surface area contributed by atoms with Crippen LogP contribution in [0.4, 0.5) is 0 Å². The Hall–Kier alpha value is -0.330. The predicted octanol–water partition coefficient (Wildman–Crippen LogP) is 3.57. The molecule has 1 unspecified atom stereocenters. The highest BCUT2D eigenvalue weighted by molar-refractivity contribution is 5.49. The van der Waals surface area contributed by atoms with Gasteiger partial charge in [0, 0.05) is 6.42 Å². The molecular formula is C12H22O. The molecule has 1 rings (SSSR count). The van der Waals surface area contributed by atoms with Crippen LogP contribution in [0.2, 0.25) is 0 Å². The molecule has 0 aromatic heterocycles. The highest BCUT2D eigenvalue weighted by Crippen LogP contribution is 2.28. The Labute approximate surface area is 81.9 Å². The Morgan fingerprint density at radius 2 is 2.00 bits per heavy atom. The quantitative estimate of drug-likeness (QED) is 0.594. The Morgan fingerprint density at radius 3 is 2.62 bits per heavy atom. The normalized spacial score (nSPS) is 21.3. The summed E-state index contributed by atoms with van der Waals surface area (Å²) < 4.78 is 0. The van der Waals surface area contributed by atoms with E-state index in [0.717, 1.165) is 18.6 Å². The lowest BCUT2D eigenvalue weighted by Crippen LogP contribution is -2.08. The van der Waals surface area contributed by atoms with Crippen LogP contribution in [-0.4, -0.2) is 6.29 Å². The zero-order valence-corrected chi connectivity index (χ0v) is 8.80. The van der Waals surface area contributed by atoms with Crippen molar-refractivity contribution in [2.24, 2.45) is 11.8 Å². The number of hydrogen-bond donors (Lipinski definition) is 0. The SMILES string of the molecule is CC(CC=O)CCC1CCCCC1. The van der Waals surface area contributed by atoms with Gasteiger partial charge in [-0.2, -0.15) is 0 Å². The van der Waals surface area contributed by atoms with Gasteiger partial charge in [0.25, 0.3) is 0 Å². The van der Waals surface area contributed by atoms with Crippen LogP contribution >= 0.6 is 0 Å². The summed E-state index contributed by atoms with van der Waals surface area (Å²) >= 11 is 0. The Morgan fingerprint density at radius 1 is 1.31 bits per heavy atom. The van der Waals surface area contributed by atoms with Crippen LogP contribution < -0.4 is 0 Å². The van der Waals surface area contributed by atoms with E-state index in [1.807, 2.05) is 0 Å². The molecule has 1 heteroatoms. The first-order valence-electron chi connectivity index (χ1n) is 5.76. The van der Waals surface area contributed by atoms with E-state index >= 15 is 0 Å². The van der Waals surface area contributed by atoms with Crippen molar-refractivity contribution in [3.05, 3.63) is 0 Å². The second kappa shape index (κ2) is 6.17. The van der Waals surface area contributed by atoms with Crippen molar-refractivity contribution in [1.82, 2.24) is 0 Å². The molecule has 1 nitrogen and oxygen atoms in total.